The molecule has 3 rings (SSSR count). The van der Waals surface area contributed by atoms with Crippen molar-refractivity contribution in [1.82, 2.24) is 9.21 Å². The molecule has 4 nitrogen and oxygen atoms in total. The molecule has 0 spiro atoms. The standard InChI is InChI=1S/C18H25F3N2O2S2/c19-18(20,21)16-6-4-15(5-7-16)14-27(24,25)23-10-3-11-26-13-17(23)12-22-8-1-2-9-22/h4-7,17H,1-3,8-14H2. The zero-order valence-electron chi connectivity index (χ0n) is 15.1. The molecule has 152 valence electrons. The van der Waals surface area contributed by atoms with Crippen LogP contribution in [0.4, 0.5) is 13.2 Å². The molecule has 0 aliphatic carbocycles. The van der Waals surface area contributed by atoms with Crippen LogP contribution >= 0.6 is 11.8 Å². The molecule has 9 heteroatoms. The van der Waals surface area contributed by atoms with Gasteiger partial charge in [-0.3, -0.25) is 0 Å². The SMILES string of the molecule is O=S(=O)(Cc1ccc(C(F)(F)F)cc1)N1CCCSCC1CN1CCCC1. The van der Waals surface area contributed by atoms with Crippen molar-refractivity contribution >= 4 is 21.8 Å². The second-order valence-electron chi connectivity index (χ2n) is 7.15. The summed E-state index contributed by atoms with van der Waals surface area (Å²) in [6.45, 7) is 3.23. The van der Waals surface area contributed by atoms with Gasteiger partial charge in [-0.25, -0.2) is 8.42 Å². The van der Waals surface area contributed by atoms with Crippen LogP contribution in [-0.2, 0) is 22.0 Å². The third kappa shape index (κ3) is 5.62. The third-order valence-corrected chi connectivity index (χ3v) is 8.13. The first-order valence-corrected chi connectivity index (χ1v) is 12.0. The lowest BCUT2D eigenvalue weighted by Gasteiger charge is -2.31. The Kier molecular flexibility index (Phi) is 6.76. The van der Waals surface area contributed by atoms with Gasteiger partial charge < -0.3 is 4.90 Å². The van der Waals surface area contributed by atoms with Gasteiger partial charge in [0.2, 0.25) is 10.0 Å². The number of rotatable bonds is 5. The number of hydrogen-bond acceptors (Lipinski definition) is 4. The highest BCUT2D eigenvalue weighted by Gasteiger charge is 2.34. The molecule has 2 aliphatic rings. The van der Waals surface area contributed by atoms with Crippen LogP contribution in [0.5, 0.6) is 0 Å². The molecular formula is C18H25F3N2O2S2. The van der Waals surface area contributed by atoms with Crippen LogP contribution in [0, 0.1) is 0 Å². The molecule has 0 aromatic heterocycles. The molecule has 1 aromatic rings. The summed E-state index contributed by atoms with van der Waals surface area (Å²) in [4.78, 5) is 2.32. The average Bonchev–Trinajstić information content (AvgIpc) is 2.98. The molecule has 1 unspecified atom stereocenters. The summed E-state index contributed by atoms with van der Waals surface area (Å²) in [7, 11) is -3.59. The topological polar surface area (TPSA) is 40.6 Å². The smallest absolute Gasteiger partial charge is 0.302 e. The lowest BCUT2D eigenvalue weighted by Crippen LogP contribution is -2.47. The van der Waals surface area contributed by atoms with E-state index in [2.05, 4.69) is 4.90 Å². The Morgan fingerprint density at radius 2 is 1.70 bits per heavy atom. The van der Waals surface area contributed by atoms with Crippen LogP contribution in [0.3, 0.4) is 0 Å². The summed E-state index contributed by atoms with van der Waals surface area (Å²) in [6, 6.07) is 4.36. The van der Waals surface area contributed by atoms with Crippen molar-refractivity contribution < 1.29 is 21.6 Å². The summed E-state index contributed by atoms with van der Waals surface area (Å²) in [5.74, 6) is 1.44. The lowest BCUT2D eigenvalue weighted by molar-refractivity contribution is -0.137. The summed E-state index contributed by atoms with van der Waals surface area (Å²) >= 11 is 1.78. The molecule has 0 N–H and O–H groups in total. The minimum atomic E-state index is -4.42. The number of nitrogens with zero attached hydrogens (tertiary/aromatic N) is 2. The number of thioether (sulfide) groups is 1. The Bertz CT molecular complexity index is 717. The Morgan fingerprint density at radius 1 is 1.04 bits per heavy atom. The van der Waals surface area contributed by atoms with Crippen LogP contribution in [0.2, 0.25) is 0 Å². The zero-order chi connectivity index (χ0) is 19.5. The van der Waals surface area contributed by atoms with E-state index in [-0.39, 0.29) is 11.8 Å². The predicted molar refractivity (Wildman–Crippen MR) is 102 cm³/mol. The largest absolute Gasteiger partial charge is 0.416 e. The second-order valence-corrected chi connectivity index (χ2v) is 10.2. The summed E-state index contributed by atoms with van der Waals surface area (Å²) in [5.41, 5.74) is -0.374. The highest BCUT2D eigenvalue weighted by Crippen LogP contribution is 2.30. The monoisotopic (exact) mass is 422 g/mol. The van der Waals surface area contributed by atoms with Crippen molar-refractivity contribution in [2.75, 3.05) is 37.7 Å². The van der Waals surface area contributed by atoms with E-state index in [0.717, 1.165) is 62.5 Å². The molecule has 27 heavy (non-hydrogen) atoms. The fraction of sp³-hybridized carbons (Fsp3) is 0.667. The van der Waals surface area contributed by atoms with Crippen molar-refractivity contribution in [3.63, 3.8) is 0 Å². The molecule has 0 radical (unpaired) electrons. The number of sulfonamides is 1. The maximum Gasteiger partial charge on any atom is 0.416 e. The Morgan fingerprint density at radius 3 is 2.33 bits per heavy atom. The summed E-state index contributed by atoms with van der Waals surface area (Å²) in [6.07, 6.45) is -1.32. The fourth-order valence-corrected chi connectivity index (χ4v) is 6.60. The van der Waals surface area contributed by atoms with Crippen LogP contribution in [0.1, 0.15) is 30.4 Å². The maximum absolute atomic E-state index is 13.0. The molecule has 2 fully saturated rings. The van der Waals surface area contributed by atoms with E-state index < -0.39 is 21.8 Å². The number of halogens is 3. The van der Waals surface area contributed by atoms with Crippen molar-refractivity contribution in [1.29, 1.82) is 0 Å². The van der Waals surface area contributed by atoms with Gasteiger partial charge in [0.1, 0.15) is 0 Å². The second kappa shape index (κ2) is 8.71. The van der Waals surface area contributed by atoms with Gasteiger partial charge >= 0.3 is 6.18 Å². The molecular weight excluding hydrogens is 397 g/mol. The molecule has 1 aromatic carbocycles. The molecule has 2 aliphatic heterocycles. The fourth-order valence-electron chi connectivity index (χ4n) is 3.66. The van der Waals surface area contributed by atoms with Gasteiger partial charge in [0.25, 0.3) is 0 Å². The number of benzene rings is 1. The van der Waals surface area contributed by atoms with Gasteiger partial charge in [0.15, 0.2) is 0 Å². The first kappa shape index (κ1) is 21.0. The van der Waals surface area contributed by atoms with Gasteiger partial charge in [-0.05, 0) is 55.8 Å². The molecule has 0 amide bonds. The minimum Gasteiger partial charge on any atom is -0.302 e. The highest BCUT2D eigenvalue weighted by atomic mass is 32.2. The third-order valence-electron chi connectivity index (χ3n) is 5.04. The van der Waals surface area contributed by atoms with Crippen molar-refractivity contribution in [3.05, 3.63) is 35.4 Å². The van der Waals surface area contributed by atoms with E-state index in [0.29, 0.717) is 12.1 Å². The Labute approximate surface area is 163 Å². The lowest BCUT2D eigenvalue weighted by atomic mass is 10.1. The predicted octanol–water partition coefficient (Wildman–Crippen LogP) is 3.44. The normalized spacial score (nSPS) is 23.4. The summed E-state index contributed by atoms with van der Waals surface area (Å²) in [5, 5.41) is 0. The zero-order valence-corrected chi connectivity index (χ0v) is 16.8. The maximum atomic E-state index is 13.0. The van der Waals surface area contributed by atoms with Crippen molar-refractivity contribution in [2.45, 2.75) is 37.2 Å². The van der Waals surface area contributed by atoms with Gasteiger partial charge in [-0.15, -0.1) is 0 Å². The minimum absolute atomic E-state index is 0.0740. The first-order chi connectivity index (χ1) is 12.8. The van der Waals surface area contributed by atoms with Gasteiger partial charge in [-0.2, -0.15) is 29.2 Å². The Hall–Kier alpha value is -0.770. The molecule has 0 bridgehead atoms. The first-order valence-electron chi connectivity index (χ1n) is 9.21. The van der Waals surface area contributed by atoms with E-state index in [9.17, 15) is 21.6 Å². The van der Waals surface area contributed by atoms with E-state index in [1.807, 2.05) is 0 Å². The van der Waals surface area contributed by atoms with E-state index in [1.165, 1.54) is 12.1 Å². The molecule has 2 heterocycles. The van der Waals surface area contributed by atoms with Crippen LogP contribution in [0.25, 0.3) is 0 Å². The van der Waals surface area contributed by atoms with E-state index in [4.69, 9.17) is 0 Å². The molecule has 2 saturated heterocycles. The number of alkyl halides is 3. The molecule has 0 saturated carbocycles. The molecule has 1 atom stereocenters. The van der Waals surface area contributed by atoms with Crippen LogP contribution in [0.15, 0.2) is 24.3 Å². The average molecular weight is 423 g/mol. The summed E-state index contributed by atoms with van der Waals surface area (Å²) < 4.78 is 65.8. The number of hydrogen-bond donors (Lipinski definition) is 0. The quantitative estimate of drug-likeness (QED) is 0.729. The number of likely N-dealkylation sites (tertiary alicyclic amines) is 1. The van der Waals surface area contributed by atoms with Gasteiger partial charge in [-0.1, -0.05) is 12.1 Å². The van der Waals surface area contributed by atoms with Crippen molar-refractivity contribution in [2.24, 2.45) is 0 Å². The Balaban J connectivity index is 1.73. The highest BCUT2D eigenvalue weighted by molar-refractivity contribution is 7.99. The van der Waals surface area contributed by atoms with Crippen molar-refractivity contribution in [3.8, 4) is 0 Å². The van der Waals surface area contributed by atoms with Crippen LogP contribution < -0.4 is 0 Å². The van der Waals surface area contributed by atoms with Gasteiger partial charge in [0, 0.05) is 24.9 Å². The van der Waals surface area contributed by atoms with E-state index >= 15 is 0 Å². The van der Waals surface area contributed by atoms with E-state index in [1.54, 1.807) is 16.1 Å². The van der Waals surface area contributed by atoms with Gasteiger partial charge in [0.05, 0.1) is 11.3 Å². The van der Waals surface area contributed by atoms with Crippen LogP contribution in [-0.4, -0.2) is 61.3 Å².